The summed E-state index contributed by atoms with van der Waals surface area (Å²) in [5, 5.41) is 7.56. The van der Waals surface area contributed by atoms with E-state index in [0.717, 1.165) is 29.3 Å². The van der Waals surface area contributed by atoms with Crippen LogP contribution >= 0.6 is 0 Å². The second kappa shape index (κ2) is 8.85. The minimum absolute atomic E-state index is 0.0455. The molecule has 2 amide bonds. The normalized spacial score (nSPS) is 23.5. The van der Waals surface area contributed by atoms with E-state index in [1.165, 1.54) is 0 Å². The lowest BCUT2D eigenvalue weighted by Crippen LogP contribution is -2.63. The first-order valence-corrected chi connectivity index (χ1v) is 12.9. The molecule has 2 fully saturated rings. The van der Waals surface area contributed by atoms with Crippen molar-refractivity contribution in [2.45, 2.75) is 50.9 Å². The number of aromatic nitrogens is 2. The molecule has 1 aliphatic carbocycles. The number of carbonyl (C=O) groups excluding carboxylic acids is 2. The van der Waals surface area contributed by atoms with E-state index in [-0.39, 0.29) is 23.9 Å². The zero-order valence-electron chi connectivity index (χ0n) is 20.8. The zero-order valence-corrected chi connectivity index (χ0v) is 20.8. The minimum atomic E-state index is -0.457. The number of hydrogen-bond donors (Lipinski definition) is 2. The van der Waals surface area contributed by atoms with E-state index >= 15 is 0 Å². The molecule has 2 aromatic carbocycles. The fourth-order valence-electron chi connectivity index (χ4n) is 5.57. The van der Waals surface area contributed by atoms with Crippen molar-refractivity contribution < 1.29 is 9.59 Å². The fourth-order valence-corrected chi connectivity index (χ4v) is 5.57. The van der Waals surface area contributed by atoms with Crippen LogP contribution in [0.2, 0.25) is 0 Å². The summed E-state index contributed by atoms with van der Waals surface area (Å²) in [6, 6.07) is 17.5. The van der Waals surface area contributed by atoms with E-state index < -0.39 is 11.5 Å². The Morgan fingerprint density at radius 1 is 1.00 bits per heavy atom. The van der Waals surface area contributed by atoms with E-state index in [2.05, 4.69) is 27.7 Å². The first-order chi connectivity index (χ1) is 17.4. The van der Waals surface area contributed by atoms with E-state index in [0.29, 0.717) is 37.8 Å². The predicted molar refractivity (Wildman–Crippen MR) is 138 cm³/mol. The Balaban J connectivity index is 1.31. The van der Waals surface area contributed by atoms with Crippen LogP contribution in [0, 0.1) is 5.92 Å². The molecule has 1 saturated carbocycles. The van der Waals surface area contributed by atoms with Crippen molar-refractivity contribution >= 4 is 28.5 Å². The van der Waals surface area contributed by atoms with Crippen molar-refractivity contribution in [2.75, 3.05) is 25.0 Å². The van der Waals surface area contributed by atoms with Gasteiger partial charge < -0.3 is 15.5 Å². The van der Waals surface area contributed by atoms with Crippen LogP contribution in [0.4, 0.5) is 5.82 Å². The molecule has 36 heavy (non-hydrogen) atoms. The van der Waals surface area contributed by atoms with Gasteiger partial charge in [-0.3, -0.25) is 14.5 Å². The largest absolute Gasteiger partial charge is 0.358 e. The molecule has 2 aliphatic heterocycles. The lowest BCUT2D eigenvalue weighted by Gasteiger charge is -2.43. The smallest absolute Gasteiger partial charge is 0.244 e. The Kier molecular flexibility index (Phi) is 5.63. The Morgan fingerprint density at radius 3 is 2.50 bits per heavy atom. The summed E-state index contributed by atoms with van der Waals surface area (Å²) in [7, 11) is 0. The number of fused-ring (bicyclic) bond motifs is 5. The standard InChI is InChI=1S/C28H32N6O2/c1-18(2)24-26(35)31-23-17-34(27(36)28(12-13-28)19-8-4-3-5-9-19)15-14-33(23)16-22-29-21-11-7-6-10-20(21)25(30-22)32-24/h3-11,18,23-24H,12-17H2,1-2H3,(H,31,35)(H,29,30,32)/t23?,24-/m0/s1. The molecule has 2 N–H and O–H groups in total. The number of carbonyl (C=O) groups is 2. The molecule has 1 unspecified atom stereocenters. The average Bonchev–Trinajstić information content (AvgIpc) is 3.70. The van der Waals surface area contributed by atoms with Gasteiger partial charge in [-0.1, -0.05) is 56.3 Å². The second-order valence-electron chi connectivity index (χ2n) is 10.6. The maximum atomic E-state index is 13.7. The second-order valence-corrected chi connectivity index (χ2v) is 10.6. The third-order valence-corrected chi connectivity index (χ3v) is 7.81. The van der Waals surface area contributed by atoms with Crippen LogP contribution in [-0.2, 0) is 21.5 Å². The van der Waals surface area contributed by atoms with Crippen molar-refractivity contribution in [2.24, 2.45) is 5.92 Å². The molecule has 8 nitrogen and oxygen atoms in total. The number of para-hydroxylation sites is 1. The van der Waals surface area contributed by atoms with Crippen molar-refractivity contribution in [3.8, 4) is 0 Å². The van der Waals surface area contributed by atoms with E-state index in [1.807, 2.05) is 61.2 Å². The van der Waals surface area contributed by atoms with Gasteiger partial charge in [0.25, 0.3) is 0 Å². The van der Waals surface area contributed by atoms with Crippen LogP contribution in [-0.4, -0.2) is 63.4 Å². The Morgan fingerprint density at radius 2 is 1.75 bits per heavy atom. The molecule has 1 saturated heterocycles. The van der Waals surface area contributed by atoms with Gasteiger partial charge in [0.05, 0.1) is 24.0 Å². The van der Waals surface area contributed by atoms with Crippen molar-refractivity contribution in [1.82, 2.24) is 25.1 Å². The summed E-state index contributed by atoms with van der Waals surface area (Å²) in [6.45, 7) is 6.27. The minimum Gasteiger partial charge on any atom is -0.358 e. The molecule has 0 spiro atoms. The first-order valence-electron chi connectivity index (χ1n) is 12.9. The summed E-state index contributed by atoms with van der Waals surface area (Å²) in [6.07, 6.45) is 1.45. The monoisotopic (exact) mass is 484 g/mol. The van der Waals surface area contributed by atoms with Gasteiger partial charge >= 0.3 is 0 Å². The number of amides is 2. The average molecular weight is 485 g/mol. The molecule has 0 radical (unpaired) electrons. The number of hydrogen-bond acceptors (Lipinski definition) is 6. The molecule has 2 atom stereocenters. The Hall–Kier alpha value is -3.52. The molecule has 3 aromatic rings. The number of anilines is 1. The molecule has 3 heterocycles. The first kappa shape index (κ1) is 22.9. The number of rotatable bonds is 3. The van der Waals surface area contributed by atoms with Crippen LogP contribution in [0.3, 0.4) is 0 Å². The molecule has 1 aromatic heterocycles. The van der Waals surface area contributed by atoms with E-state index in [1.54, 1.807) is 0 Å². The number of nitrogens with one attached hydrogen (secondary N) is 2. The number of nitrogens with zero attached hydrogens (tertiary/aromatic N) is 4. The van der Waals surface area contributed by atoms with Crippen molar-refractivity contribution in [3.05, 3.63) is 66.0 Å². The van der Waals surface area contributed by atoms with Gasteiger partial charge in [0.1, 0.15) is 23.8 Å². The molecule has 8 heteroatoms. The molecule has 186 valence electrons. The van der Waals surface area contributed by atoms with E-state index in [9.17, 15) is 9.59 Å². The van der Waals surface area contributed by atoms with Gasteiger partial charge in [-0.2, -0.15) is 0 Å². The summed E-state index contributed by atoms with van der Waals surface area (Å²) in [5.74, 6) is 1.54. The lowest BCUT2D eigenvalue weighted by atomic mass is 9.94. The Labute approximate surface area is 211 Å². The molecular weight excluding hydrogens is 452 g/mol. The maximum Gasteiger partial charge on any atom is 0.244 e. The summed E-state index contributed by atoms with van der Waals surface area (Å²) < 4.78 is 0. The molecule has 2 bridgehead atoms. The van der Waals surface area contributed by atoms with E-state index in [4.69, 9.17) is 9.97 Å². The topological polar surface area (TPSA) is 90.5 Å². The highest BCUT2D eigenvalue weighted by Gasteiger charge is 2.53. The lowest BCUT2D eigenvalue weighted by molar-refractivity contribution is -0.139. The quantitative estimate of drug-likeness (QED) is 0.594. The van der Waals surface area contributed by atoms with Crippen LogP contribution < -0.4 is 10.6 Å². The SMILES string of the molecule is CC(C)[C@@H]1Nc2nc(nc3ccccc23)CN2CCN(C(=O)C3(c4ccccc4)CC3)CC2NC1=O. The van der Waals surface area contributed by atoms with Crippen LogP contribution in [0.25, 0.3) is 10.9 Å². The molecule has 6 rings (SSSR count). The Bertz CT molecular complexity index is 1310. The predicted octanol–water partition coefficient (Wildman–Crippen LogP) is 2.90. The summed E-state index contributed by atoms with van der Waals surface area (Å²) in [5.41, 5.74) is 1.54. The summed E-state index contributed by atoms with van der Waals surface area (Å²) >= 11 is 0. The van der Waals surface area contributed by atoms with Gasteiger partial charge in [0.15, 0.2) is 0 Å². The molecular formula is C28H32N6O2. The number of piperazine rings is 1. The van der Waals surface area contributed by atoms with Crippen LogP contribution in [0.5, 0.6) is 0 Å². The van der Waals surface area contributed by atoms with Gasteiger partial charge in [-0.15, -0.1) is 0 Å². The zero-order chi connectivity index (χ0) is 24.9. The van der Waals surface area contributed by atoms with Gasteiger partial charge in [-0.25, -0.2) is 9.97 Å². The van der Waals surface area contributed by atoms with Crippen LogP contribution in [0.15, 0.2) is 54.6 Å². The van der Waals surface area contributed by atoms with Crippen LogP contribution in [0.1, 0.15) is 38.1 Å². The summed E-state index contributed by atoms with van der Waals surface area (Å²) in [4.78, 5) is 41.0. The third-order valence-electron chi connectivity index (χ3n) is 7.81. The van der Waals surface area contributed by atoms with Gasteiger partial charge in [0, 0.05) is 18.5 Å². The highest BCUT2D eigenvalue weighted by molar-refractivity contribution is 5.93. The van der Waals surface area contributed by atoms with Gasteiger partial charge in [-0.05, 0) is 36.5 Å². The fraction of sp³-hybridized carbons (Fsp3) is 0.429. The van der Waals surface area contributed by atoms with Crippen molar-refractivity contribution in [3.63, 3.8) is 0 Å². The van der Waals surface area contributed by atoms with Crippen molar-refractivity contribution in [1.29, 1.82) is 0 Å². The number of benzene rings is 2. The maximum absolute atomic E-state index is 13.7. The van der Waals surface area contributed by atoms with Gasteiger partial charge in [0.2, 0.25) is 11.8 Å². The third kappa shape index (κ3) is 3.99. The highest BCUT2D eigenvalue weighted by atomic mass is 16.2. The highest BCUT2D eigenvalue weighted by Crippen LogP contribution is 2.49. The molecule has 3 aliphatic rings.